The molecule has 1 aromatic heterocycles. The molecule has 1 aromatic rings. The first-order valence-electron chi connectivity index (χ1n) is 1.30. The summed E-state index contributed by atoms with van der Waals surface area (Å²) in [7, 11) is 0. The van der Waals surface area contributed by atoms with Crippen molar-refractivity contribution in [1.82, 2.24) is 15.4 Å². The van der Waals surface area contributed by atoms with Gasteiger partial charge < -0.3 is 0 Å². The van der Waals surface area contributed by atoms with Crippen LogP contribution in [0.25, 0.3) is 0 Å². The van der Waals surface area contributed by atoms with Crippen LogP contribution < -0.4 is 0 Å². The summed E-state index contributed by atoms with van der Waals surface area (Å²) in [5.74, 6) is 0. The topological polar surface area (TPSA) is 41.6 Å². The van der Waals surface area contributed by atoms with Gasteiger partial charge in [0.25, 0.3) is 0 Å². The van der Waals surface area contributed by atoms with Crippen LogP contribution in [0.4, 0.5) is 0 Å². The Bertz CT molecular complexity index is 65.3. The van der Waals surface area contributed by atoms with Crippen LogP contribution in [0.3, 0.4) is 0 Å². The zero-order valence-electron chi connectivity index (χ0n) is 2.90. The molecule has 0 spiro atoms. The second-order valence-corrected chi connectivity index (χ2v) is 0.656. The molecule has 34 valence electrons. The summed E-state index contributed by atoms with van der Waals surface area (Å²) in [6.07, 6.45) is 3.17. The maximum atomic E-state index is 3.49. The largest absolute Gasteiger partial charge is 0.198 e. The monoisotopic (exact) mass is 261 g/mol. The van der Waals surface area contributed by atoms with E-state index in [0.717, 1.165) is 0 Å². The van der Waals surface area contributed by atoms with Crippen LogP contribution in [0.1, 0.15) is 0 Å². The molecule has 0 fully saturated rings. The molecule has 0 aliphatic carbocycles. The van der Waals surface area contributed by atoms with E-state index in [1.807, 2.05) is 0 Å². The fourth-order valence-electron chi connectivity index (χ4n) is 0.167. The zero-order chi connectivity index (χ0) is 3.54. The van der Waals surface area contributed by atoms with Gasteiger partial charge in [0.2, 0.25) is 0 Å². The molecule has 1 rings (SSSR count). The van der Waals surface area contributed by atoms with Gasteiger partial charge in [-0.3, -0.25) is 0 Å². The molecule has 0 radical (unpaired) electrons. The first kappa shape index (κ1) is 5.78. The number of hydrogen-bond donors (Lipinski definition) is 1. The van der Waals surface area contributed by atoms with E-state index in [1.165, 1.54) is 0 Å². The summed E-state index contributed by atoms with van der Waals surface area (Å²) in [4.78, 5) is 0. The van der Waals surface area contributed by atoms with Gasteiger partial charge in [-0.1, -0.05) is 0 Å². The summed E-state index contributed by atoms with van der Waals surface area (Å²) < 4.78 is 0. The molecule has 4 heteroatoms. The van der Waals surface area contributed by atoms with Crippen LogP contribution in [0.2, 0.25) is 0 Å². The maximum Gasteiger partial charge on any atom is 0.0690 e. The van der Waals surface area contributed by atoms with Crippen molar-refractivity contribution in [3.8, 4) is 0 Å². The second kappa shape index (κ2) is 2.99. The minimum atomic E-state index is 0. The molecule has 3 nitrogen and oxygen atoms in total. The predicted molar refractivity (Wildman–Crippen MR) is 16.4 cm³/mol. The Balaban J connectivity index is 0.000000250. The summed E-state index contributed by atoms with van der Waals surface area (Å²) in [5.41, 5.74) is 0. The van der Waals surface area contributed by atoms with E-state index >= 15 is 0 Å². The molecule has 0 saturated heterocycles. The van der Waals surface area contributed by atoms with E-state index in [4.69, 9.17) is 0 Å². The van der Waals surface area contributed by atoms with Crippen LogP contribution in [-0.4, -0.2) is 15.4 Å². The number of nitrogens with one attached hydrogen (secondary N) is 1. The Morgan fingerprint density at radius 2 is 1.67 bits per heavy atom. The standard InChI is InChI=1S/C2H3N3.Os/c1-2-4-5-3-1;/h1-2H,(H,3,4,5);. The number of rotatable bonds is 0. The van der Waals surface area contributed by atoms with Gasteiger partial charge in [-0.2, -0.15) is 15.4 Å². The number of nitrogens with zero attached hydrogens (tertiary/aromatic N) is 2. The molecule has 1 heterocycles. The van der Waals surface area contributed by atoms with E-state index in [1.54, 1.807) is 12.4 Å². The van der Waals surface area contributed by atoms with Crippen molar-refractivity contribution in [3.63, 3.8) is 0 Å². The maximum absolute atomic E-state index is 3.49. The number of H-pyrrole nitrogens is 1. The van der Waals surface area contributed by atoms with E-state index < -0.39 is 0 Å². The van der Waals surface area contributed by atoms with Gasteiger partial charge in [0.1, 0.15) is 0 Å². The molecule has 1 N–H and O–H groups in total. The van der Waals surface area contributed by atoms with Crippen molar-refractivity contribution in [1.29, 1.82) is 0 Å². The molecule has 0 aliphatic rings. The predicted octanol–water partition coefficient (Wildman–Crippen LogP) is -0.198. The van der Waals surface area contributed by atoms with Crippen molar-refractivity contribution in [3.05, 3.63) is 12.4 Å². The molecule has 0 amide bonds. The summed E-state index contributed by atoms with van der Waals surface area (Å²) in [6, 6.07) is 0. The van der Waals surface area contributed by atoms with Crippen molar-refractivity contribution >= 4 is 0 Å². The van der Waals surface area contributed by atoms with Gasteiger partial charge >= 0.3 is 0 Å². The SMILES string of the molecule is [Os].c1cn[nH]n1. The zero-order valence-corrected chi connectivity index (χ0v) is 5.44. The third kappa shape index (κ3) is 1.28. The Morgan fingerprint density at radius 3 is 1.83 bits per heavy atom. The molecule has 0 unspecified atom stereocenters. The molecular formula is C2H3N3Os. The number of hydrogen-bond acceptors (Lipinski definition) is 2. The minimum Gasteiger partial charge on any atom is -0.198 e. The Hall–Kier alpha value is -0.224. The van der Waals surface area contributed by atoms with Crippen LogP contribution in [0.15, 0.2) is 12.4 Å². The molecule has 6 heavy (non-hydrogen) atoms. The number of aromatic nitrogens is 3. The summed E-state index contributed by atoms with van der Waals surface area (Å²) >= 11 is 0. The fraction of sp³-hybridized carbons (Fsp3) is 0. The second-order valence-electron chi connectivity index (χ2n) is 0.656. The summed E-state index contributed by atoms with van der Waals surface area (Å²) in [6.45, 7) is 0. The first-order valence-corrected chi connectivity index (χ1v) is 1.30. The van der Waals surface area contributed by atoms with Gasteiger partial charge in [-0.25, -0.2) is 0 Å². The molecule has 0 atom stereocenters. The average molecular weight is 259 g/mol. The fourth-order valence-corrected chi connectivity index (χ4v) is 0.167. The number of aromatic amines is 1. The molecule has 0 bridgehead atoms. The van der Waals surface area contributed by atoms with E-state index in [-0.39, 0.29) is 19.8 Å². The molecule has 0 aromatic carbocycles. The quantitative estimate of drug-likeness (QED) is 0.701. The Morgan fingerprint density at radius 1 is 1.17 bits per heavy atom. The van der Waals surface area contributed by atoms with Crippen molar-refractivity contribution < 1.29 is 19.8 Å². The Kier molecular flexibility index (Phi) is 2.87. The van der Waals surface area contributed by atoms with Crippen molar-refractivity contribution in [2.45, 2.75) is 0 Å². The van der Waals surface area contributed by atoms with E-state index in [2.05, 4.69) is 15.4 Å². The van der Waals surface area contributed by atoms with Gasteiger partial charge in [-0.15, -0.1) is 0 Å². The van der Waals surface area contributed by atoms with Gasteiger partial charge in [0.05, 0.1) is 12.4 Å². The third-order valence-electron chi connectivity index (χ3n) is 0.331. The van der Waals surface area contributed by atoms with Gasteiger partial charge in [0.15, 0.2) is 0 Å². The van der Waals surface area contributed by atoms with Crippen molar-refractivity contribution in [2.75, 3.05) is 0 Å². The van der Waals surface area contributed by atoms with Crippen molar-refractivity contribution in [2.24, 2.45) is 0 Å². The van der Waals surface area contributed by atoms with Gasteiger partial charge in [-0.05, 0) is 0 Å². The van der Waals surface area contributed by atoms with Crippen LogP contribution in [0.5, 0.6) is 0 Å². The molecule has 0 saturated carbocycles. The average Bonchev–Trinajstić information content (AvgIpc) is 1.76. The summed E-state index contributed by atoms with van der Waals surface area (Å²) in [5, 5.41) is 9.33. The molecule has 0 aliphatic heterocycles. The van der Waals surface area contributed by atoms with E-state index in [9.17, 15) is 0 Å². The van der Waals surface area contributed by atoms with E-state index in [0.29, 0.717) is 0 Å². The molecular weight excluding hydrogens is 256 g/mol. The van der Waals surface area contributed by atoms with Gasteiger partial charge in [0, 0.05) is 19.8 Å². The van der Waals surface area contributed by atoms with Crippen LogP contribution in [-0.2, 0) is 19.8 Å². The first-order chi connectivity index (χ1) is 2.50. The third-order valence-corrected chi connectivity index (χ3v) is 0.331. The van der Waals surface area contributed by atoms with Crippen LogP contribution in [0, 0.1) is 0 Å². The Labute approximate surface area is 48.2 Å². The normalized spacial score (nSPS) is 6.67. The smallest absolute Gasteiger partial charge is 0.0690 e. The minimum absolute atomic E-state index is 0. The van der Waals surface area contributed by atoms with Crippen LogP contribution >= 0.6 is 0 Å².